The number of guanidine groups is 1. The number of aliphatic hydroxyl groups is 1. The van der Waals surface area contributed by atoms with Crippen molar-refractivity contribution in [1.82, 2.24) is 15.5 Å². The van der Waals surface area contributed by atoms with Crippen LogP contribution in [-0.2, 0) is 63.7 Å². The quantitative estimate of drug-likeness (QED) is 0.00789. The molecule has 4 amide bonds. The fourth-order valence-corrected chi connectivity index (χ4v) is 8.15. The summed E-state index contributed by atoms with van der Waals surface area (Å²) < 4.78 is 49.1. The van der Waals surface area contributed by atoms with Gasteiger partial charge in [-0.15, -0.1) is 0 Å². The minimum atomic E-state index is -3.62. The normalized spacial score (nSPS) is 14.9. The molecule has 0 unspecified atom stereocenters. The number of hydrogen-bond donors (Lipinski definition) is 6. The van der Waals surface area contributed by atoms with E-state index in [1.54, 1.807) is 60.4 Å². The molecule has 17 nitrogen and oxygen atoms in total. The van der Waals surface area contributed by atoms with Gasteiger partial charge in [0.2, 0.25) is 17.7 Å². The van der Waals surface area contributed by atoms with Gasteiger partial charge in [-0.05, 0) is 121 Å². The van der Waals surface area contributed by atoms with E-state index in [1.165, 1.54) is 36.4 Å². The van der Waals surface area contributed by atoms with Crippen LogP contribution in [0.3, 0.4) is 0 Å². The second-order valence-corrected chi connectivity index (χ2v) is 19.1. The molecule has 0 saturated carbocycles. The highest BCUT2D eigenvalue weighted by molar-refractivity contribution is 14.1. The number of carbonyl (C=O) groups excluding carboxylic acids is 6. The molecule has 4 atom stereocenters. The average molecular weight is 1120 g/mol. The molecule has 1 aliphatic rings. The number of anilines is 1. The maximum absolute atomic E-state index is 16.2. The maximum Gasteiger partial charge on any atom is 0.408 e. The Bertz CT molecular complexity index is 2300. The van der Waals surface area contributed by atoms with Crippen molar-refractivity contribution in [3.05, 3.63) is 111 Å². The first-order valence-electron chi connectivity index (χ1n) is 24.2. The van der Waals surface area contributed by atoms with Gasteiger partial charge in [0.05, 0.1) is 25.7 Å². The number of alkyl carbamates (subject to hydrolysis) is 1. The van der Waals surface area contributed by atoms with E-state index in [-0.39, 0.29) is 74.8 Å². The number of rotatable bonds is 29. The van der Waals surface area contributed by atoms with Crippen LogP contribution in [0.1, 0.15) is 107 Å². The lowest BCUT2D eigenvalue weighted by Crippen LogP contribution is -2.53. The number of hydrogen-bond acceptors (Lipinski definition) is 11. The van der Waals surface area contributed by atoms with Crippen LogP contribution in [0.2, 0.25) is 0 Å². The maximum atomic E-state index is 16.2. The van der Waals surface area contributed by atoms with Crippen molar-refractivity contribution in [2.24, 2.45) is 22.4 Å². The highest BCUT2D eigenvalue weighted by Gasteiger charge is 2.43. The van der Waals surface area contributed by atoms with Gasteiger partial charge in [-0.1, -0.05) is 81.3 Å². The van der Waals surface area contributed by atoms with Crippen LogP contribution in [0.25, 0.3) is 0 Å². The summed E-state index contributed by atoms with van der Waals surface area (Å²) in [6.45, 7) is 6.05. The first-order valence-corrected chi connectivity index (χ1v) is 25.3. The highest BCUT2D eigenvalue weighted by Crippen LogP contribution is 2.36. The van der Waals surface area contributed by atoms with Crippen LogP contribution in [0.5, 0.6) is 0 Å². The van der Waals surface area contributed by atoms with E-state index in [0.717, 1.165) is 16.4 Å². The predicted octanol–water partition coefficient (Wildman–Crippen LogP) is 6.91. The number of likely N-dealkylation sites (tertiary alicyclic amines) is 1. The van der Waals surface area contributed by atoms with Crippen LogP contribution in [0.4, 0.5) is 19.3 Å². The molecule has 392 valence electrons. The Kier molecular flexibility index (Phi) is 24.3. The summed E-state index contributed by atoms with van der Waals surface area (Å²) in [6.07, 6.45) is 4.06. The smallest absolute Gasteiger partial charge is 0.408 e. The lowest BCUT2D eigenvalue weighted by atomic mass is 10.0. The van der Waals surface area contributed by atoms with Crippen LogP contribution in [0, 0.1) is 9.49 Å². The van der Waals surface area contributed by atoms with Crippen LogP contribution in [0.15, 0.2) is 89.9 Å². The summed E-state index contributed by atoms with van der Waals surface area (Å²) in [5, 5.41) is 17.5. The number of nitrogens with one attached hydrogen (secondary N) is 3. The van der Waals surface area contributed by atoms with Crippen molar-refractivity contribution in [2.75, 3.05) is 25.0 Å². The number of unbranched alkanes of at least 4 members (excludes halogenated alkanes) is 3. The zero-order valence-corrected chi connectivity index (χ0v) is 43.2. The first-order chi connectivity index (χ1) is 34.4. The van der Waals surface area contributed by atoms with E-state index in [9.17, 15) is 33.9 Å². The predicted molar refractivity (Wildman–Crippen MR) is 276 cm³/mol. The highest BCUT2D eigenvalue weighted by atomic mass is 127. The zero-order chi connectivity index (χ0) is 52.6. The van der Waals surface area contributed by atoms with Crippen LogP contribution in [-0.4, -0.2) is 95.6 Å². The van der Waals surface area contributed by atoms with Gasteiger partial charge in [0.1, 0.15) is 18.7 Å². The van der Waals surface area contributed by atoms with Crippen molar-refractivity contribution >= 4 is 70.0 Å². The molecule has 1 heterocycles. The van der Waals surface area contributed by atoms with Gasteiger partial charge in [0.25, 0.3) is 0 Å². The third kappa shape index (κ3) is 20.2. The summed E-state index contributed by atoms with van der Waals surface area (Å²) in [4.78, 5) is 83.6. The summed E-state index contributed by atoms with van der Waals surface area (Å²) in [5.74, 6) is -6.18. The largest absolute Gasteiger partial charge is 0.466 e. The van der Waals surface area contributed by atoms with Crippen molar-refractivity contribution in [3.63, 3.8) is 0 Å². The van der Waals surface area contributed by atoms with Gasteiger partial charge < -0.3 is 51.6 Å². The second-order valence-electron chi connectivity index (χ2n) is 17.8. The van der Waals surface area contributed by atoms with Crippen molar-refractivity contribution < 1.29 is 56.9 Å². The monoisotopic (exact) mass is 1120 g/mol. The standard InChI is InChI=1S/C52H68F2IN7O10/c1-4-70-46(65)11-7-5-6-8-29-62-41(25-27-45(62)64)24-26-44(52(53,54)38-18-20-39(55)21-19-38)72-47(66)31-35-12-14-37(15-13-35)33-71-51(69)61-43(30-34(2)3)49(68)60-42(10-9-28-58-50(56)57)48(67)59-40-22-16-36(32-63)17-23-40/h12-24,26,34,41-44,63H,4-11,25,27-33H2,1-3H3,(H,59,67)(H,60,68)(H,61,69)(H4,56,57,58)/b26-24+/t41-,42-,43-,44+/m0/s1. The van der Waals surface area contributed by atoms with Crippen LogP contribution >= 0.6 is 22.6 Å². The zero-order valence-electron chi connectivity index (χ0n) is 41.1. The molecule has 0 aromatic heterocycles. The number of carbonyl (C=O) groups is 6. The topological polar surface area (TPSA) is 254 Å². The molecule has 3 aromatic carbocycles. The number of benzene rings is 3. The SMILES string of the molecule is CCOC(=O)CCCCCCN1C(=O)CC[C@@H]1/C=C/[C@@H](OC(=O)Cc1ccc(COC(=O)N[C@@H](CC(C)C)C(=O)N[C@@H](CCCN=C(N)N)C(=O)Nc2ccc(CO)cc2)cc1)C(F)(F)c1ccc(I)cc1. The number of aliphatic hydroxyl groups excluding tert-OH is 1. The Morgan fingerprint density at radius 1 is 0.861 bits per heavy atom. The molecule has 1 aliphatic heterocycles. The van der Waals surface area contributed by atoms with Crippen LogP contribution < -0.4 is 27.4 Å². The van der Waals surface area contributed by atoms with Gasteiger partial charge in [0, 0.05) is 40.8 Å². The molecule has 4 rings (SSSR count). The number of aliphatic imine (C=N–C) groups is 1. The number of ether oxygens (including phenoxy) is 3. The molecule has 20 heteroatoms. The third-order valence-electron chi connectivity index (χ3n) is 11.6. The Morgan fingerprint density at radius 2 is 1.53 bits per heavy atom. The first kappa shape index (κ1) is 58.4. The Labute approximate surface area is 433 Å². The molecule has 8 N–H and O–H groups in total. The fraction of sp³-hybridized carbons (Fsp3) is 0.481. The number of alkyl halides is 2. The average Bonchev–Trinajstić information content (AvgIpc) is 3.69. The van der Waals surface area contributed by atoms with E-state index < -0.39 is 54.0 Å². The Balaban J connectivity index is 1.36. The van der Waals surface area contributed by atoms with Gasteiger partial charge in [-0.3, -0.25) is 29.0 Å². The lowest BCUT2D eigenvalue weighted by Gasteiger charge is -2.27. The van der Waals surface area contributed by atoms with E-state index in [1.807, 2.05) is 36.4 Å². The van der Waals surface area contributed by atoms with E-state index in [4.69, 9.17) is 25.7 Å². The summed E-state index contributed by atoms with van der Waals surface area (Å²) in [7, 11) is 0. The molecule has 0 bridgehead atoms. The summed E-state index contributed by atoms with van der Waals surface area (Å²) in [6, 6.07) is 16.0. The molecule has 0 aliphatic carbocycles. The van der Waals surface area contributed by atoms with Crippen molar-refractivity contribution in [1.29, 1.82) is 0 Å². The van der Waals surface area contributed by atoms with Gasteiger partial charge >= 0.3 is 24.0 Å². The molecule has 1 fully saturated rings. The van der Waals surface area contributed by atoms with Gasteiger partial charge in [-0.2, -0.15) is 8.78 Å². The summed E-state index contributed by atoms with van der Waals surface area (Å²) in [5.41, 5.74) is 12.6. The molecule has 0 radical (unpaired) electrons. The number of amides is 4. The fourth-order valence-electron chi connectivity index (χ4n) is 7.79. The third-order valence-corrected chi connectivity index (χ3v) is 12.3. The number of nitrogens with two attached hydrogens (primary N) is 2. The molecule has 1 saturated heterocycles. The number of nitrogens with zero attached hydrogens (tertiary/aromatic N) is 2. The van der Waals surface area contributed by atoms with Gasteiger partial charge in [-0.25, -0.2) is 4.79 Å². The van der Waals surface area contributed by atoms with E-state index in [2.05, 4.69) is 20.9 Å². The van der Waals surface area contributed by atoms with E-state index >= 15 is 8.78 Å². The van der Waals surface area contributed by atoms with Crippen molar-refractivity contribution in [2.45, 2.75) is 135 Å². The molecule has 0 spiro atoms. The van der Waals surface area contributed by atoms with E-state index in [0.29, 0.717) is 67.6 Å². The minimum Gasteiger partial charge on any atom is -0.466 e. The summed E-state index contributed by atoms with van der Waals surface area (Å²) >= 11 is 2.01. The number of esters is 2. The molecular formula is C52H68F2IN7O10. The lowest BCUT2D eigenvalue weighted by molar-refractivity contribution is -0.167. The number of halogens is 3. The van der Waals surface area contributed by atoms with Gasteiger partial charge in [0.15, 0.2) is 12.1 Å². The van der Waals surface area contributed by atoms with Crippen molar-refractivity contribution in [3.8, 4) is 0 Å². The second kappa shape index (κ2) is 30.0. The molecule has 3 aromatic rings. The molecular weight excluding hydrogens is 1050 g/mol. The minimum absolute atomic E-state index is 0.0506. The Morgan fingerprint density at radius 3 is 2.18 bits per heavy atom. The molecule has 72 heavy (non-hydrogen) atoms. The Hall–Kier alpha value is -6.16.